The van der Waals surface area contributed by atoms with E-state index in [2.05, 4.69) is 5.32 Å². The first-order valence-electron chi connectivity index (χ1n) is 8.12. The number of halogens is 2. The summed E-state index contributed by atoms with van der Waals surface area (Å²) in [5, 5.41) is 13.0. The molecule has 1 aliphatic carbocycles. The van der Waals surface area contributed by atoms with Gasteiger partial charge in [0.25, 0.3) is 5.91 Å². The lowest BCUT2D eigenvalue weighted by molar-refractivity contribution is -0.135. The Hall–Kier alpha value is -2.02. The maximum Gasteiger partial charge on any atom is 0.325 e. The van der Waals surface area contributed by atoms with E-state index in [9.17, 15) is 23.5 Å². The molecule has 1 aliphatic heterocycles. The van der Waals surface area contributed by atoms with E-state index in [1.807, 2.05) is 6.92 Å². The molecule has 2 N–H and O–H groups in total. The Kier molecular flexibility index (Phi) is 4.29. The second kappa shape index (κ2) is 6.12. The number of aliphatic hydroxyl groups excluding tert-OH is 1. The zero-order valence-corrected chi connectivity index (χ0v) is 13.4. The molecule has 5 nitrogen and oxygen atoms in total. The predicted octanol–water partition coefficient (Wildman–Crippen LogP) is 2.50. The van der Waals surface area contributed by atoms with Gasteiger partial charge in [0.2, 0.25) is 0 Å². The number of benzene rings is 1. The van der Waals surface area contributed by atoms with E-state index in [1.54, 1.807) is 0 Å². The molecule has 0 unspecified atom stereocenters. The van der Waals surface area contributed by atoms with Crippen LogP contribution in [-0.2, 0) is 4.79 Å². The van der Waals surface area contributed by atoms with Crippen LogP contribution in [0.5, 0.6) is 0 Å². The minimum absolute atomic E-state index is 0.00685. The SMILES string of the molecule is C[C@@H]1CCCC[C@]12NC(=O)N(C[C@@H](O)c1ccc(F)cc1F)C2=O. The van der Waals surface area contributed by atoms with Gasteiger partial charge in [0, 0.05) is 11.6 Å². The monoisotopic (exact) mass is 338 g/mol. The van der Waals surface area contributed by atoms with Gasteiger partial charge < -0.3 is 10.4 Å². The van der Waals surface area contributed by atoms with Crippen molar-refractivity contribution in [3.05, 3.63) is 35.4 Å². The van der Waals surface area contributed by atoms with Crippen LogP contribution in [0.4, 0.5) is 13.6 Å². The zero-order valence-electron chi connectivity index (χ0n) is 13.4. The number of amides is 3. The van der Waals surface area contributed by atoms with Crippen LogP contribution in [0.25, 0.3) is 0 Å². The van der Waals surface area contributed by atoms with Crippen LogP contribution < -0.4 is 5.32 Å². The molecule has 0 bridgehead atoms. The third-order valence-corrected chi connectivity index (χ3v) is 5.18. The highest BCUT2D eigenvalue weighted by Crippen LogP contribution is 2.38. The van der Waals surface area contributed by atoms with E-state index in [0.29, 0.717) is 12.5 Å². The number of hydrogen-bond donors (Lipinski definition) is 2. The van der Waals surface area contributed by atoms with Crippen molar-refractivity contribution in [1.29, 1.82) is 0 Å². The average molecular weight is 338 g/mol. The average Bonchev–Trinajstić information content (AvgIpc) is 2.75. The Labute approximate surface area is 138 Å². The quantitative estimate of drug-likeness (QED) is 0.832. The number of rotatable bonds is 3. The van der Waals surface area contributed by atoms with Crippen molar-refractivity contribution in [2.24, 2.45) is 5.92 Å². The number of carbonyl (C=O) groups excluding carboxylic acids is 2. The van der Waals surface area contributed by atoms with Crippen LogP contribution in [0.15, 0.2) is 18.2 Å². The van der Waals surface area contributed by atoms with Crippen molar-refractivity contribution in [1.82, 2.24) is 10.2 Å². The zero-order chi connectivity index (χ0) is 17.5. The van der Waals surface area contributed by atoms with Crippen molar-refractivity contribution in [3.63, 3.8) is 0 Å². The van der Waals surface area contributed by atoms with Gasteiger partial charge in [-0.2, -0.15) is 0 Å². The molecule has 130 valence electrons. The Morgan fingerprint density at radius 2 is 2.12 bits per heavy atom. The van der Waals surface area contributed by atoms with E-state index >= 15 is 0 Å². The van der Waals surface area contributed by atoms with E-state index in [1.165, 1.54) is 0 Å². The summed E-state index contributed by atoms with van der Waals surface area (Å²) < 4.78 is 26.7. The van der Waals surface area contributed by atoms with Crippen LogP contribution >= 0.6 is 0 Å². The summed E-state index contributed by atoms with van der Waals surface area (Å²) in [5.41, 5.74) is -1.06. The molecule has 3 atom stereocenters. The van der Waals surface area contributed by atoms with Crippen LogP contribution in [-0.4, -0.2) is 34.0 Å². The maximum atomic E-state index is 13.8. The number of β-amino-alcohol motifs (C(OH)–C–C–N with tert-alkyl or cyclic N) is 1. The highest BCUT2D eigenvalue weighted by molar-refractivity contribution is 6.07. The normalized spacial score (nSPS) is 28.3. The fourth-order valence-electron chi connectivity index (χ4n) is 3.70. The van der Waals surface area contributed by atoms with Crippen LogP contribution in [0.2, 0.25) is 0 Å². The van der Waals surface area contributed by atoms with Gasteiger partial charge in [0.1, 0.15) is 17.2 Å². The first kappa shape index (κ1) is 16.8. The van der Waals surface area contributed by atoms with Crippen molar-refractivity contribution in [2.45, 2.75) is 44.2 Å². The van der Waals surface area contributed by atoms with Gasteiger partial charge in [-0.05, 0) is 24.8 Å². The predicted molar refractivity (Wildman–Crippen MR) is 81.9 cm³/mol. The van der Waals surface area contributed by atoms with Gasteiger partial charge >= 0.3 is 6.03 Å². The molecule has 24 heavy (non-hydrogen) atoms. The van der Waals surface area contributed by atoms with E-state index in [4.69, 9.17) is 0 Å². The molecule has 0 radical (unpaired) electrons. The molecule has 1 spiro atoms. The second-order valence-electron chi connectivity index (χ2n) is 6.65. The topological polar surface area (TPSA) is 69.6 Å². The molecule has 1 aromatic carbocycles. The van der Waals surface area contributed by atoms with Crippen molar-refractivity contribution < 1.29 is 23.5 Å². The molecule has 3 amide bonds. The standard InChI is InChI=1S/C17H20F2N2O3/c1-10-4-2-3-7-17(10)15(23)21(16(24)20-17)9-14(22)12-6-5-11(18)8-13(12)19/h5-6,8,10,14,22H,2-4,7,9H2,1H3,(H,20,24)/t10-,14-,17+/m1/s1. The lowest BCUT2D eigenvalue weighted by Gasteiger charge is -2.37. The number of aliphatic hydroxyl groups is 1. The van der Waals surface area contributed by atoms with Gasteiger partial charge in [0.05, 0.1) is 12.6 Å². The number of nitrogens with zero attached hydrogens (tertiary/aromatic N) is 1. The lowest BCUT2D eigenvalue weighted by Crippen LogP contribution is -2.54. The molecule has 2 aliphatic rings. The summed E-state index contributed by atoms with van der Waals surface area (Å²) in [4.78, 5) is 26.0. The van der Waals surface area contributed by atoms with Gasteiger partial charge in [-0.15, -0.1) is 0 Å². The fraction of sp³-hybridized carbons (Fsp3) is 0.529. The molecule has 1 saturated carbocycles. The third-order valence-electron chi connectivity index (χ3n) is 5.18. The molecule has 7 heteroatoms. The summed E-state index contributed by atoms with van der Waals surface area (Å²) >= 11 is 0. The number of nitrogens with one attached hydrogen (secondary N) is 1. The first-order chi connectivity index (χ1) is 11.3. The first-order valence-corrected chi connectivity index (χ1v) is 8.12. The molecule has 2 fully saturated rings. The summed E-state index contributed by atoms with van der Waals surface area (Å²) in [6, 6.07) is 2.23. The summed E-state index contributed by atoms with van der Waals surface area (Å²) in [7, 11) is 0. The third kappa shape index (κ3) is 2.66. The largest absolute Gasteiger partial charge is 0.386 e. The fourth-order valence-corrected chi connectivity index (χ4v) is 3.70. The minimum atomic E-state index is -1.41. The van der Waals surface area contributed by atoms with Crippen LogP contribution in [0.1, 0.15) is 44.3 Å². The highest BCUT2D eigenvalue weighted by Gasteiger charge is 2.55. The van der Waals surface area contributed by atoms with Crippen molar-refractivity contribution in [3.8, 4) is 0 Å². The van der Waals surface area contributed by atoms with Gasteiger partial charge in [-0.3, -0.25) is 9.69 Å². The second-order valence-corrected chi connectivity index (χ2v) is 6.65. The Balaban J connectivity index is 1.80. The highest BCUT2D eigenvalue weighted by atomic mass is 19.1. The summed E-state index contributed by atoms with van der Waals surface area (Å²) in [6.45, 7) is 1.57. The number of imide groups is 1. The number of carbonyl (C=O) groups is 2. The van der Waals surface area contributed by atoms with Crippen molar-refractivity contribution >= 4 is 11.9 Å². The molecule has 1 aromatic rings. The Morgan fingerprint density at radius 3 is 2.79 bits per heavy atom. The Morgan fingerprint density at radius 1 is 1.38 bits per heavy atom. The van der Waals surface area contributed by atoms with Gasteiger partial charge in [-0.1, -0.05) is 25.8 Å². The van der Waals surface area contributed by atoms with Gasteiger partial charge in [0.15, 0.2) is 0 Å². The lowest BCUT2D eigenvalue weighted by atomic mass is 9.73. The van der Waals surface area contributed by atoms with Crippen LogP contribution in [0.3, 0.4) is 0 Å². The summed E-state index contributed by atoms with van der Waals surface area (Å²) in [6.07, 6.45) is 1.86. The molecule has 0 aromatic heterocycles. The summed E-state index contributed by atoms with van der Waals surface area (Å²) in [5.74, 6) is -2.03. The smallest absolute Gasteiger partial charge is 0.325 e. The van der Waals surface area contributed by atoms with Crippen molar-refractivity contribution in [2.75, 3.05) is 6.54 Å². The maximum absolute atomic E-state index is 13.8. The number of hydrogen-bond acceptors (Lipinski definition) is 3. The van der Waals surface area contributed by atoms with E-state index < -0.39 is 29.3 Å². The van der Waals surface area contributed by atoms with E-state index in [-0.39, 0.29) is 23.9 Å². The minimum Gasteiger partial charge on any atom is -0.386 e. The molecular formula is C17H20F2N2O3. The van der Waals surface area contributed by atoms with E-state index in [0.717, 1.165) is 36.3 Å². The molecule has 1 saturated heterocycles. The van der Waals surface area contributed by atoms with Gasteiger partial charge in [-0.25, -0.2) is 13.6 Å². The molecule has 1 heterocycles. The molecule has 3 rings (SSSR count). The Bertz CT molecular complexity index is 682. The van der Waals surface area contributed by atoms with Crippen LogP contribution in [0, 0.1) is 17.6 Å². The number of urea groups is 1. The molecular weight excluding hydrogens is 318 g/mol.